The van der Waals surface area contributed by atoms with E-state index in [2.05, 4.69) is 15.5 Å². The van der Waals surface area contributed by atoms with E-state index in [4.69, 9.17) is 0 Å². The third-order valence-corrected chi connectivity index (χ3v) is 3.29. The quantitative estimate of drug-likeness (QED) is 0.889. The van der Waals surface area contributed by atoms with Crippen molar-refractivity contribution in [2.24, 2.45) is 0 Å². The van der Waals surface area contributed by atoms with Gasteiger partial charge < -0.3 is 5.32 Å². The monoisotopic (exact) mass is 259 g/mol. The number of nitrogens with one attached hydrogen (secondary N) is 2. The fourth-order valence-corrected chi connectivity index (χ4v) is 2.08. The summed E-state index contributed by atoms with van der Waals surface area (Å²) in [5, 5.41) is 9.28. The van der Waals surface area contributed by atoms with E-state index in [0.717, 1.165) is 18.4 Å². The zero-order valence-electron chi connectivity index (χ0n) is 10.5. The molecule has 3 rings (SSSR count). The van der Waals surface area contributed by atoms with Crippen LogP contribution in [-0.2, 0) is 0 Å². The van der Waals surface area contributed by atoms with Gasteiger partial charge in [-0.1, -0.05) is 6.07 Å². The molecule has 1 fully saturated rings. The van der Waals surface area contributed by atoms with Crippen LogP contribution in [0.15, 0.2) is 24.5 Å². The third kappa shape index (κ3) is 2.23. The average molecular weight is 259 g/mol. The molecule has 1 heterocycles. The van der Waals surface area contributed by atoms with E-state index in [0.29, 0.717) is 11.1 Å². The van der Waals surface area contributed by atoms with Crippen LogP contribution >= 0.6 is 0 Å². The van der Waals surface area contributed by atoms with E-state index in [9.17, 15) is 9.18 Å². The summed E-state index contributed by atoms with van der Waals surface area (Å²) in [6.45, 7) is 1.81. The smallest absolute Gasteiger partial charge is 0.254 e. The molecule has 1 amide bonds. The summed E-state index contributed by atoms with van der Waals surface area (Å²) in [6, 6.07) is 3.50. The van der Waals surface area contributed by atoms with Gasteiger partial charge in [-0.3, -0.25) is 9.89 Å². The van der Waals surface area contributed by atoms with Crippen LogP contribution in [0.4, 0.5) is 4.39 Å². The van der Waals surface area contributed by atoms with Crippen molar-refractivity contribution in [3.8, 4) is 11.1 Å². The number of amides is 1. The number of aryl methyl sites for hydroxylation is 1. The molecule has 5 heteroatoms. The number of benzene rings is 1. The van der Waals surface area contributed by atoms with Gasteiger partial charge in [0.15, 0.2) is 0 Å². The number of carbonyl (C=O) groups is 1. The Bertz CT molecular complexity index is 618. The number of nitrogens with zero attached hydrogens (tertiary/aromatic N) is 1. The first-order chi connectivity index (χ1) is 9.16. The molecule has 4 nitrogen and oxygen atoms in total. The molecule has 98 valence electrons. The zero-order chi connectivity index (χ0) is 13.4. The summed E-state index contributed by atoms with van der Waals surface area (Å²) in [4.78, 5) is 12.0. The summed E-state index contributed by atoms with van der Waals surface area (Å²) in [5.41, 5.74) is 1.95. The molecular weight excluding hydrogens is 245 g/mol. The standard InChI is InChI=1S/C14H14FN3O/c1-8-2-5-11(14(19)18-10-3-4-10)13(15)12(8)9-6-16-17-7-9/h2,5-7,10H,3-4H2,1H3,(H,16,17)(H,18,19). The van der Waals surface area contributed by atoms with Gasteiger partial charge in [0.2, 0.25) is 0 Å². The van der Waals surface area contributed by atoms with Crippen molar-refractivity contribution in [1.29, 1.82) is 0 Å². The van der Waals surface area contributed by atoms with Crippen LogP contribution < -0.4 is 5.32 Å². The van der Waals surface area contributed by atoms with E-state index in [1.165, 1.54) is 6.07 Å². The number of halogens is 1. The Labute approximate surface area is 110 Å². The van der Waals surface area contributed by atoms with Crippen LogP contribution in [0.2, 0.25) is 0 Å². The fraction of sp³-hybridized carbons (Fsp3) is 0.286. The molecule has 1 aromatic heterocycles. The molecule has 1 aliphatic carbocycles. The molecule has 1 aromatic carbocycles. The van der Waals surface area contributed by atoms with E-state index < -0.39 is 5.82 Å². The fourth-order valence-electron chi connectivity index (χ4n) is 2.08. The molecule has 0 radical (unpaired) electrons. The maximum absolute atomic E-state index is 14.5. The van der Waals surface area contributed by atoms with Gasteiger partial charge in [0, 0.05) is 23.4 Å². The van der Waals surface area contributed by atoms with Crippen molar-refractivity contribution in [2.45, 2.75) is 25.8 Å². The number of H-pyrrole nitrogens is 1. The van der Waals surface area contributed by atoms with Crippen LogP contribution in [0, 0.1) is 12.7 Å². The predicted molar refractivity (Wildman–Crippen MR) is 69.2 cm³/mol. The highest BCUT2D eigenvalue weighted by molar-refractivity contribution is 5.96. The average Bonchev–Trinajstić information content (AvgIpc) is 3.02. The van der Waals surface area contributed by atoms with E-state index in [1.54, 1.807) is 18.5 Å². The van der Waals surface area contributed by atoms with Crippen molar-refractivity contribution in [1.82, 2.24) is 15.5 Å². The summed E-state index contributed by atoms with van der Waals surface area (Å²) in [5.74, 6) is -0.829. The molecule has 0 spiro atoms. The predicted octanol–water partition coefficient (Wildman–Crippen LogP) is 2.42. The normalized spacial score (nSPS) is 14.4. The Morgan fingerprint density at radius 1 is 1.47 bits per heavy atom. The van der Waals surface area contributed by atoms with Crippen molar-refractivity contribution >= 4 is 5.91 Å². The zero-order valence-corrected chi connectivity index (χ0v) is 10.5. The lowest BCUT2D eigenvalue weighted by Crippen LogP contribution is -2.26. The van der Waals surface area contributed by atoms with Gasteiger partial charge in [0.25, 0.3) is 5.91 Å². The topological polar surface area (TPSA) is 57.8 Å². The Balaban J connectivity index is 2.02. The second kappa shape index (κ2) is 4.50. The van der Waals surface area contributed by atoms with E-state index in [-0.39, 0.29) is 17.5 Å². The summed E-state index contributed by atoms with van der Waals surface area (Å²) in [6.07, 6.45) is 5.13. The van der Waals surface area contributed by atoms with Crippen molar-refractivity contribution in [2.75, 3.05) is 0 Å². The molecular formula is C14H14FN3O. The first-order valence-electron chi connectivity index (χ1n) is 6.26. The SMILES string of the molecule is Cc1ccc(C(=O)NC2CC2)c(F)c1-c1cn[nH]c1. The number of aromatic nitrogens is 2. The summed E-state index contributed by atoms with van der Waals surface area (Å²) >= 11 is 0. The number of hydrogen-bond acceptors (Lipinski definition) is 2. The van der Waals surface area contributed by atoms with Gasteiger partial charge in [-0.05, 0) is 31.4 Å². The Hall–Kier alpha value is -2.17. The highest BCUT2D eigenvalue weighted by Gasteiger charge is 2.26. The first-order valence-corrected chi connectivity index (χ1v) is 6.26. The molecule has 0 saturated heterocycles. The third-order valence-electron chi connectivity index (χ3n) is 3.29. The Morgan fingerprint density at radius 2 is 2.26 bits per heavy atom. The van der Waals surface area contributed by atoms with Crippen LogP contribution in [-0.4, -0.2) is 22.1 Å². The lowest BCUT2D eigenvalue weighted by atomic mass is 9.99. The highest BCUT2D eigenvalue weighted by atomic mass is 19.1. The molecule has 19 heavy (non-hydrogen) atoms. The van der Waals surface area contributed by atoms with Crippen molar-refractivity contribution < 1.29 is 9.18 Å². The minimum atomic E-state index is -0.487. The number of hydrogen-bond donors (Lipinski definition) is 2. The van der Waals surface area contributed by atoms with Gasteiger partial charge >= 0.3 is 0 Å². The van der Waals surface area contributed by atoms with Crippen LogP contribution in [0.25, 0.3) is 11.1 Å². The van der Waals surface area contributed by atoms with Crippen LogP contribution in [0.1, 0.15) is 28.8 Å². The van der Waals surface area contributed by atoms with Crippen LogP contribution in [0.3, 0.4) is 0 Å². The molecule has 0 unspecified atom stereocenters. The first kappa shape index (κ1) is 11.9. The molecule has 0 atom stereocenters. The highest BCUT2D eigenvalue weighted by Crippen LogP contribution is 2.28. The minimum Gasteiger partial charge on any atom is -0.349 e. The number of aromatic amines is 1. The minimum absolute atomic E-state index is 0.0914. The lowest BCUT2D eigenvalue weighted by molar-refractivity contribution is 0.0947. The van der Waals surface area contributed by atoms with Gasteiger partial charge in [-0.2, -0.15) is 5.10 Å². The summed E-state index contributed by atoms with van der Waals surface area (Å²) in [7, 11) is 0. The molecule has 0 aliphatic heterocycles. The second-order valence-corrected chi connectivity index (χ2v) is 4.85. The lowest BCUT2D eigenvalue weighted by Gasteiger charge is -2.10. The van der Waals surface area contributed by atoms with Crippen molar-refractivity contribution in [3.63, 3.8) is 0 Å². The second-order valence-electron chi connectivity index (χ2n) is 4.85. The van der Waals surface area contributed by atoms with Gasteiger partial charge in [-0.15, -0.1) is 0 Å². The molecule has 2 aromatic rings. The number of rotatable bonds is 3. The molecule has 2 N–H and O–H groups in total. The summed E-state index contributed by atoms with van der Waals surface area (Å²) < 4.78 is 14.5. The maximum atomic E-state index is 14.5. The van der Waals surface area contributed by atoms with Crippen LogP contribution in [0.5, 0.6) is 0 Å². The Morgan fingerprint density at radius 3 is 2.89 bits per heavy atom. The van der Waals surface area contributed by atoms with E-state index >= 15 is 0 Å². The molecule has 1 aliphatic rings. The Kier molecular flexibility index (Phi) is 2.81. The van der Waals surface area contributed by atoms with Gasteiger partial charge in [0.1, 0.15) is 5.82 Å². The molecule has 0 bridgehead atoms. The van der Waals surface area contributed by atoms with E-state index in [1.807, 2.05) is 6.92 Å². The maximum Gasteiger partial charge on any atom is 0.254 e. The van der Waals surface area contributed by atoms with Gasteiger partial charge in [0.05, 0.1) is 11.8 Å². The van der Waals surface area contributed by atoms with Gasteiger partial charge in [-0.25, -0.2) is 4.39 Å². The number of carbonyl (C=O) groups excluding carboxylic acids is 1. The molecule has 1 saturated carbocycles. The van der Waals surface area contributed by atoms with Crippen molar-refractivity contribution in [3.05, 3.63) is 41.5 Å². The largest absolute Gasteiger partial charge is 0.349 e.